The molecule has 2 aromatic rings. The van der Waals surface area contributed by atoms with E-state index in [0.717, 1.165) is 47.6 Å². The highest BCUT2D eigenvalue weighted by molar-refractivity contribution is 5.96. The minimum absolute atomic E-state index is 0.0735. The van der Waals surface area contributed by atoms with Gasteiger partial charge in [-0.25, -0.2) is 0 Å². The highest BCUT2D eigenvalue weighted by atomic mass is 16.5. The zero-order valence-electron chi connectivity index (χ0n) is 16.4. The molecule has 0 aliphatic heterocycles. The number of nitrogens with one attached hydrogen (secondary N) is 3. The summed E-state index contributed by atoms with van der Waals surface area (Å²) in [5.41, 5.74) is 3.25. The second-order valence-corrected chi connectivity index (χ2v) is 7.02. The quantitative estimate of drug-likeness (QED) is 0.609. The van der Waals surface area contributed by atoms with Crippen LogP contribution >= 0.6 is 0 Å². The van der Waals surface area contributed by atoms with Crippen LogP contribution in [0.3, 0.4) is 0 Å². The van der Waals surface area contributed by atoms with E-state index in [1.54, 1.807) is 0 Å². The fourth-order valence-corrected chi connectivity index (χ4v) is 2.78. The van der Waals surface area contributed by atoms with Crippen LogP contribution in [0.25, 0.3) is 0 Å². The van der Waals surface area contributed by atoms with E-state index in [1.807, 2.05) is 49.4 Å². The van der Waals surface area contributed by atoms with Crippen molar-refractivity contribution in [1.29, 1.82) is 0 Å². The topological polar surface area (TPSA) is 79.5 Å². The second-order valence-electron chi connectivity index (χ2n) is 7.02. The lowest BCUT2D eigenvalue weighted by atomic mass is 10.1. The Morgan fingerprint density at radius 2 is 1.75 bits per heavy atom. The molecule has 0 unspecified atom stereocenters. The smallest absolute Gasteiger partial charge is 0.243 e. The normalized spacial score (nSPS) is 12.9. The van der Waals surface area contributed by atoms with Gasteiger partial charge >= 0.3 is 0 Å². The van der Waals surface area contributed by atoms with E-state index < -0.39 is 0 Å². The highest BCUT2D eigenvalue weighted by Gasteiger charge is 2.29. The number of ether oxygens (including phenoxy) is 1. The van der Waals surface area contributed by atoms with Gasteiger partial charge in [-0.15, -0.1) is 0 Å². The van der Waals surface area contributed by atoms with Crippen LogP contribution in [0.1, 0.15) is 31.7 Å². The minimum atomic E-state index is -0.144. The third kappa shape index (κ3) is 5.49. The van der Waals surface area contributed by atoms with E-state index in [2.05, 4.69) is 22.9 Å². The average Bonchev–Trinajstić information content (AvgIpc) is 3.53. The number of hydrogen-bond donors (Lipinski definition) is 3. The third-order valence-electron chi connectivity index (χ3n) is 4.59. The molecule has 0 saturated heterocycles. The number of amides is 2. The summed E-state index contributed by atoms with van der Waals surface area (Å²) in [6, 6.07) is 13.0. The Morgan fingerprint density at radius 1 is 1.04 bits per heavy atom. The maximum absolute atomic E-state index is 12.2. The first-order valence-corrected chi connectivity index (χ1v) is 9.74. The van der Waals surface area contributed by atoms with Gasteiger partial charge in [-0.1, -0.05) is 13.0 Å². The molecule has 148 valence electrons. The Bertz CT molecular complexity index is 829. The lowest BCUT2D eigenvalue weighted by Gasteiger charge is -2.14. The number of anilines is 3. The number of benzene rings is 2. The summed E-state index contributed by atoms with van der Waals surface area (Å²) in [6.45, 7) is 4.79. The Balaban J connectivity index is 1.52. The van der Waals surface area contributed by atoms with Gasteiger partial charge in [0.25, 0.3) is 0 Å². The predicted octanol–water partition coefficient (Wildman–Crippen LogP) is 4.18. The molecule has 0 bridgehead atoms. The van der Waals surface area contributed by atoms with Crippen molar-refractivity contribution in [2.45, 2.75) is 33.1 Å². The zero-order chi connectivity index (χ0) is 19.9. The number of hydrogen-bond acceptors (Lipinski definition) is 4. The molecular formula is C22H27N3O3. The monoisotopic (exact) mass is 381 g/mol. The van der Waals surface area contributed by atoms with E-state index >= 15 is 0 Å². The van der Waals surface area contributed by atoms with Gasteiger partial charge in [-0.2, -0.15) is 0 Å². The summed E-state index contributed by atoms with van der Waals surface area (Å²) in [4.78, 5) is 24.2. The van der Waals surface area contributed by atoms with Crippen molar-refractivity contribution in [1.82, 2.24) is 0 Å². The van der Waals surface area contributed by atoms with Gasteiger partial charge < -0.3 is 20.7 Å². The van der Waals surface area contributed by atoms with Gasteiger partial charge in [0, 0.05) is 23.0 Å². The molecule has 1 saturated carbocycles. The van der Waals surface area contributed by atoms with Crippen LogP contribution in [0.2, 0.25) is 0 Å². The lowest BCUT2D eigenvalue weighted by Crippen LogP contribution is -2.22. The molecule has 6 heteroatoms. The largest absolute Gasteiger partial charge is 0.494 e. The van der Waals surface area contributed by atoms with Crippen molar-refractivity contribution < 1.29 is 14.3 Å². The first kappa shape index (κ1) is 19.7. The fraction of sp³-hybridized carbons (Fsp3) is 0.364. The minimum Gasteiger partial charge on any atom is -0.494 e. The Kier molecular flexibility index (Phi) is 6.53. The van der Waals surface area contributed by atoms with Crippen LogP contribution in [0.15, 0.2) is 42.5 Å². The molecule has 0 aromatic heterocycles. The van der Waals surface area contributed by atoms with E-state index in [1.165, 1.54) is 0 Å². The molecular weight excluding hydrogens is 354 g/mol. The Hall–Kier alpha value is -3.02. The van der Waals surface area contributed by atoms with Crippen molar-refractivity contribution >= 4 is 28.9 Å². The number of carbonyl (C=O) groups is 2. The fourth-order valence-electron chi connectivity index (χ4n) is 2.78. The summed E-state index contributed by atoms with van der Waals surface area (Å²) < 4.78 is 5.54. The second kappa shape index (κ2) is 9.26. The molecule has 1 aliphatic rings. The molecule has 0 heterocycles. The van der Waals surface area contributed by atoms with E-state index in [9.17, 15) is 9.59 Å². The third-order valence-corrected chi connectivity index (χ3v) is 4.59. The molecule has 0 spiro atoms. The van der Waals surface area contributed by atoms with Gasteiger partial charge in [0.1, 0.15) is 5.75 Å². The zero-order valence-corrected chi connectivity index (χ0v) is 16.4. The maximum atomic E-state index is 12.2. The van der Waals surface area contributed by atoms with Gasteiger partial charge in [-0.05, 0) is 68.1 Å². The molecule has 3 rings (SSSR count). The van der Waals surface area contributed by atoms with E-state index in [4.69, 9.17) is 4.74 Å². The van der Waals surface area contributed by atoms with Crippen LogP contribution in [-0.2, 0) is 9.59 Å². The van der Waals surface area contributed by atoms with Crippen LogP contribution < -0.4 is 20.7 Å². The van der Waals surface area contributed by atoms with Gasteiger partial charge in [0.05, 0.1) is 13.2 Å². The molecule has 2 aromatic carbocycles. The predicted molar refractivity (Wildman–Crippen MR) is 112 cm³/mol. The summed E-state index contributed by atoms with van der Waals surface area (Å²) in [6.07, 6.45) is 2.89. The Morgan fingerprint density at radius 3 is 2.43 bits per heavy atom. The van der Waals surface area contributed by atoms with Gasteiger partial charge in [0.15, 0.2) is 0 Å². The molecule has 1 aliphatic carbocycles. The van der Waals surface area contributed by atoms with Crippen molar-refractivity contribution in [3.05, 3.63) is 48.0 Å². The van der Waals surface area contributed by atoms with E-state index in [-0.39, 0.29) is 24.3 Å². The summed E-state index contributed by atoms with van der Waals surface area (Å²) in [7, 11) is 0. The van der Waals surface area contributed by atoms with Crippen LogP contribution in [0.4, 0.5) is 17.1 Å². The molecule has 3 N–H and O–H groups in total. The lowest BCUT2D eigenvalue weighted by molar-refractivity contribution is -0.117. The molecule has 28 heavy (non-hydrogen) atoms. The van der Waals surface area contributed by atoms with Crippen LogP contribution in [0.5, 0.6) is 5.75 Å². The summed E-state index contributed by atoms with van der Waals surface area (Å²) in [5, 5.41) is 8.97. The van der Waals surface area contributed by atoms with Crippen molar-refractivity contribution in [3.8, 4) is 5.75 Å². The molecule has 2 amide bonds. The standard InChI is InChI=1S/C22H27N3O3/c1-3-13-28-18-11-9-17(10-12-18)24-21(26)14-23-19-5-4-6-20(15(19)2)25-22(27)16-7-8-16/h4-6,9-12,16,23H,3,7-8,13-14H2,1-2H3,(H,24,26)(H,25,27). The first-order chi connectivity index (χ1) is 13.6. The summed E-state index contributed by atoms with van der Waals surface area (Å²) >= 11 is 0. The van der Waals surface area contributed by atoms with Gasteiger partial charge in [-0.3, -0.25) is 9.59 Å². The molecule has 1 fully saturated rings. The van der Waals surface area contributed by atoms with Crippen LogP contribution in [0, 0.1) is 12.8 Å². The molecule has 0 atom stereocenters. The first-order valence-electron chi connectivity index (χ1n) is 9.74. The highest BCUT2D eigenvalue weighted by Crippen LogP contribution is 2.31. The number of rotatable bonds is 9. The van der Waals surface area contributed by atoms with Crippen molar-refractivity contribution in [2.75, 3.05) is 29.1 Å². The average molecular weight is 381 g/mol. The van der Waals surface area contributed by atoms with Gasteiger partial charge in [0.2, 0.25) is 11.8 Å². The summed E-state index contributed by atoms with van der Waals surface area (Å²) in [5.74, 6) is 0.873. The van der Waals surface area contributed by atoms with E-state index in [0.29, 0.717) is 6.61 Å². The van der Waals surface area contributed by atoms with Crippen LogP contribution in [-0.4, -0.2) is 25.0 Å². The Labute approximate surface area is 165 Å². The maximum Gasteiger partial charge on any atom is 0.243 e. The van der Waals surface area contributed by atoms with Crippen molar-refractivity contribution in [2.24, 2.45) is 5.92 Å². The SMILES string of the molecule is CCCOc1ccc(NC(=O)CNc2cccc(NC(=O)C3CC3)c2C)cc1. The molecule has 6 nitrogen and oxygen atoms in total. The number of carbonyl (C=O) groups excluding carboxylic acids is 2. The van der Waals surface area contributed by atoms with Crippen molar-refractivity contribution in [3.63, 3.8) is 0 Å². The molecule has 0 radical (unpaired) electrons.